The number of rotatable bonds is 9. The second-order valence-corrected chi connectivity index (χ2v) is 8.49. The molecule has 1 rings (SSSR count). The first kappa shape index (κ1) is 22.6. The van der Waals surface area contributed by atoms with Crippen LogP contribution in [0.5, 0.6) is 11.5 Å². The first-order chi connectivity index (χ1) is 12.2. The Labute approximate surface area is 162 Å². The Morgan fingerprint density at radius 1 is 0.923 bits per heavy atom. The molecule has 0 heterocycles. The molecule has 0 aromatic heterocycles. The fraction of sp³-hybridized carbons (Fsp3) is 0.667. The van der Waals surface area contributed by atoms with Gasteiger partial charge in [-0.15, -0.1) is 0 Å². The van der Waals surface area contributed by atoms with E-state index in [0.717, 1.165) is 17.9 Å². The smallest absolute Gasteiger partial charge is 0.126 e. The SMILES string of the molecule is CCCCCCC(C)=CCc1c(OC)c(C)c(C)c(OC)c1C(C)(C)C. The number of ether oxygens (including phenoxy) is 2. The van der Waals surface area contributed by atoms with Gasteiger partial charge in [-0.3, -0.25) is 0 Å². The van der Waals surface area contributed by atoms with Crippen LogP contribution < -0.4 is 9.47 Å². The van der Waals surface area contributed by atoms with Crippen LogP contribution in [0.3, 0.4) is 0 Å². The topological polar surface area (TPSA) is 18.5 Å². The molecule has 0 spiro atoms. The molecule has 148 valence electrons. The third-order valence-corrected chi connectivity index (χ3v) is 5.28. The highest BCUT2D eigenvalue weighted by molar-refractivity contribution is 5.61. The fourth-order valence-electron chi connectivity index (χ4n) is 3.73. The maximum Gasteiger partial charge on any atom is 0.126 e. The predicted molar refractivity (Wildman–Crippen MR) is 114 cm³/mol. The van der Waals surface area contributed by atoms with Crippen LogP contribution in [0.25, 0.3) is 0 Å². The van der Waals surface area contributed by atoms with Crippen LogP contribution in [0.4, 0.5) is 0 Å². The summed E-state index contributed by atoms with van der Waals surface area (Å²) < 4.78 is 11.7. The normalized spacial score (nSPS) is 12.4. The molecule has 26 heavy (non-hydrogen) atoms. The van der Waals surface area contributed by atoms with Crippen molar-refractivity contribution in [2.45, 2.75) is 92.4 Å². The Balaban J connectivity index is 3.29. The lowest BCUT2D eigenvalue weighted by Gasteiger charge is -2.29. The van der Waals surface area contributed by atoms with E-state index >= 15 is 0 Å². The van der Waals surface area contributed by atoms with Crippen LogP contribution in [0.1, 0.15) is 89.0 Å². The number of hydrogen-bond donors (Lipinski definition) is 0. The molecule has 0 aliphatic carbocycles. The second kappa shape index (κ2) is 10.0. The van der Waals surface area contributed by atoms with Gasteiger partial charge < -0.3 is 9.47 Å². The summed E-state index contributed by atoms with van der Waals surface area (Å²) in [5, 5.41) is 0. The minimum atomic E-state index is -0.00468. The average Bonchev–Trinajstić information content (AvgIpc) is 2.58. The van der Waals surface area contributed by atoms with Crippen molar-refractivity contribution in [1.29, 1.82) is 0 Å². The molecule has 1 aromatic carbocycles. The van der Waals surface area contributed by atoms with Crippen LogP contribution in [-0.2, 0) is 11.8 Å². The highest BCUT2D eigenvalue weighted by Gasteiger charge is 2.28. The van der Waals surface area contributed by atoms with E-state index in [-0.39, 0.29) is 5.41 Å². The van der Waals surface area contributed by atoms with Gasteiger partial charge in [0.15, 0.2) is 0 Å². The maximum atomic E-state index is 5.85. The van der Waals surface area contributed by atoms with Crippen LogP contribution in [0, 0.1) is 13.8 Å². The standard InChI is InChI=1S/C24H40O2/c1-10-11-12-13-14-17(2)15-16-20-21(24(5,6)7)23(26-9)19(4)18(3)22(20)25-8/h15H,10-14,16H2,1-9H3. The van der Waals surface area contributed by atoms with Crippen molar-refractivity contribution in [3.63, 3.8) is 0 Å². The first-order valence-corrected chi connectivity index (χ1v) is 10.1. The van der Waals surface area contributed by atoms with Crippen molar-refractivity contribution in [3.8, 4) is 11.5 Å². The molecule has 0 N–H and O–H groups in total. The summed E-state index contributed by atoms with van der Waals surface area (Å²) in [6, 6.07) is 0. The zero-order chi connectivity index (χ0) is 19.9. The molecule has 0 atom stereocenters. The quantitative estimate of drug-likeness (QED) is 0.346. The number of allylic oxidation sites excluding steroid dienone is 2. The maximum absolute atomic E-state index is 5.85. The van der Waals surface area contributed by atoms with Gasteiger partial charge in [0.25, 0.3) is 0 Å². The van der Waals surface area contributed by atoms with Gasteiger partial charge in [0, 0.05) is 11.1 Å². The monoisotopic (exact) mass is 360 g/mol. The molecule has 0 saturated heterocycles. The van der Waals surface area contributed by atoms with Gasteiger partial charge in [-0.1, -0.05) is 58.6 Å². The average molecular weight is 361 g/mol. The van der Waals surface area contributed by atoms with Crippen molar-refractivity contribution in [2.24, 2.45) is 0 Å². The summed E-state index contributed by atoms with van der Waals surface area (Å²) in [5.41, 5.74) is 6.37. The molecular weight excluding hydrogens is 320 g/mol. The third-order valence-electron chi connectivity index (χ3n) is 5.28. The van der Waals surface area contributed by atoms with Crippen LogP contribution >= 0.6 is 0 Å². The molecule has 0 aliphatic rings. The lowest BCUT2D eigenvalue weighted by Crippen LogP contribution is -2.18. The minimum Gasteiger partial charge on any atom is -0.496 e. The van der Waals surface area contributed by atoms with E-state index in [1.807, 2.05) is 0 Å². The molecular formula is C24H40O2. The molecule has 0 aliphatic heterocycles. The van der Waals surface area contributed by atoms with E-state index in [0.29, 0.717) is 0 Å². The molecule has 0 amide bonds. The molecule has 2 nitrogen and oxygen atoms in total. The Morgan fingerprint density at radius 2 is 1.50 bits per heavy atom. The third kappa shape index (κ3) is 5.53. The summed E-state index contributed by atoms with van der Waals surface area (Å²) in [4.78, 5) is 0. The zero-order valence-corrected chi connectivity index (χ0v) is 18.6. The summed E-state index contributed by atoms with van der Waals surface area (Å²) in [5.74, 6) is 2.03. The van der Waals surface area contributed by atoms with E-state index in [4.69, 9.17) is 9.47 Å². The lowest BCUT2D eigenvalue weighted by molar-refractivity contribution is 0.379. The Morgan fingerprint density at radius 3 is 2.00 bits per heavy atom. The van der Waals surface area contributed by atoms with Crippen molar-refractivity contribution in [3.05, 3.63) is 33.9 Å². The van der Waals surface area contributed by atoms with Crippen molar-refractivity contribution >= 4 is 0 Å². The van der Waals surface area contributed by atoms with E-state index in [9.17, 15) is 0 Å². The molecule has 0 saturated carbocycles. The van der Waals surface area contributed by atoms with Gasteiger partial charge >= 0.3 is 0 Å². The molecule has 0 fully saturated rings. The number of benzene rings is 1. The molecule has 0 radical (unpaired) electrons. The van der Waals surface area contributed by atoms with E-state index in [1.165, 1.54) is 59.9 Å². The summed E-state index contributed by atoms with van der Waals surface area (Å²) in [6.45, 7) is 15.5. The van der Waals surface area contributed by atoms with Gasteiger partial charge in [0.05, 0.1) is 14.2 Å². The fourth-order valence-corrected chi connectivity index (χ4v) is 3.73. The summed E-state index contributed by atoms with van der Waals surface area (Å²) in [7, 11) is 3.56. The number of hydrogen-bond acceptors (Lipinski definition) is 2. The second-order valence-electron chi connectivity index (χ2n) is 8.49. The van der Waals surface area contributed by atoms with Gasteiger partial charge in [0.1, 0.15) is 11.5 Å². The van der Waals surface area contributed by atoms with Gasteiger partial charge in [-0.25, -0.2) is 0 Å². The largest absolute Gasteiger partial charge is 0.496 e. The highest BCUT2D eigenvalue weighted by Crippen LogP contribution is 2.44. The van der Waals surface area contributed by atoms with Crippen LogP contribution in [0.2, 0.25) is 0 Å². The molecule has 1 aromatic rings. The van der Waals surface area contributed by atoms with E-state index < -0.39 is 0 Å². The molecule has 0 unspecified atom stereocenters. The predicted octanol–water partition coefficient (Wildman–Crippen LogP) is 7.08. The Bertz CT molecular complexity index is 618. The Hall–Kier alpha value is -1.44. The minimum absolute atomic E-state index is 0.00468. The van der Waals surface area contributed by atoms with Crippen LogP contribution in [0.15, 0.2) is 11.6 Å². The van der Waals surface area contributed by atoms with Crippen LogP contribution in [-0.4, -0.2) is 14.2 Å². The van der Waals surface area contributed by atoms with Crippen molar-refractivity contribution in [2.75, 3.05) is 14.2 Å². The lowest BCUT2D eigenvalue weighted by atomic mass is 9.79. The van der Waals surface area contributed by atoms with E-state index in [2.05, 4.69) is 54.5 Å². The summed E-state index contributed by atoms with van der Waals surface area (Å²) >= 11 is 0. The van der Waals surface area contributed by atoms with Gasteiger partial charge in [-0.05, 0) is 56.6 Å². The summed E-state index contributed by atoms with van der Waals surface area (Å²) in [6.07, 6.45) is 9.71. The zero-order valence-electron chi connectivity index (χ0n) is 18.6. The first-order valence-electron chi connectivity index (χ1n) is 10.1. The van der Waals surface area contributed by atoms with E-state index in [1.54, 1.807) is 14.2 Å². The number of methoxy groups -OCH3 is 2. The molecule has 2 heteroatoms. The molecule has 0 bridgehead atoms. The Kier molecular flexibility index (Phi) is 8.73. The van der Waals surface area contributed by atoms with Crippen molar-refractivity contribution in [1.82, 2.24) is 0 Å². The van der Waals surface area contributed by atoms with Gasteiger partial charge in [0.2, 0.25) is 0 Å². The highest BCUT2D eigenvalue weighted by atomic mass is 16.5. The number of unbranched alkanes of at least 4 members (excludes halogenated alkanes) is 3. The van der Waals surface area contributed by atoms with Gasteiger partial charge in [-0.2, -0.15) is 0 Å². The van der Waals surface area contributed by atoms with Crippen molar-refractivity contribution < 1.29 is 9.47 Å².